The SMILES string of the molecule is CCCCCCCCCc1nc2ccccc2[nH]1.CCCCCCCCCc1nc2ccccc2[nH]1. The molecule has 4 rings (SSSR count). The predicted molar refractivity (Wildman–Crippen MR) is 156 cm³/mol. The van der Waals surface area contributed by atoms with E-state index >= 15 is 0 Å². The van der Waals surface area contributed by atoms with Crippen LogP contribution in [-0.2, 0) is 12.8 Å². The van der Waals surface area contributed by atoms with Gasteiger partial charge in [-0.3, -0.25) is 0 Å². The van der Waals surface area contributed by atoms with Gasteiger partial charge in [0.15, 0.2) is 0 Å². The molecule has 0 aliphatic carbocycles. The zero-order chi connectivity index (χ0) is 25.3. The van der Waals surface area contributed by atoms with Crippen molar-refractivity contribution in [2.24, 2.45) is 0 Å². The average Bonchev–Trinajstić information content (AvgIpc) is 3.51. The Labute approximate surface area is 218 Å². The Hall–Kier alpha value is -2.62. The molecule has 0 unspecified atom stereocenters. The number of hydrogen-bond donors (Lipinski definition) is 2. The zero-order valence-electron chi connectivity index (χ0n) is 22.8. The van der Waals surface area contributed by atoms with Gasteiger partial charge in [-0.25, -0.2) is 9.97 Å². The lowest BCUT2D eigenvalue weighted by Gasteiger charge is -1.99. The first-order valence-corrected chi connectivity index (χ1v) is 14.7. The molecule has 196 valence electrons. The van der Waals surface area contributed by atoms with E-state index in [1.165, 1.54) is 89.9 Å². The van der Waals surface area contributed by atoms with E-state index in [9.17, 15) is 0 Å². The quantitative estimate of drug-likeness (QED) is 0.154. The molecule has 0 radical (unpaired) electrons. The van der Waals surface area contributed by atoms with Gasteiger partial charge < -0.3 is 9.97 Å². The standard InChI is InChI=1S/2C16H24N2/c2*1-2-3-4-5-6-7-8-13-16-17-14-11-9-10-12-15(14)18-16/h2*9-12H,2-8,13H2,1H3,(H,17,18). The second kappa shape index (κ2) is 16.9. The number of benzene rings is 2. The van der Waals surface area contributed by atoms with Crippen LogP contribution in [0.3, 0.4) is 0 Å². The van der Waals surface area contributed by atoms with Crippen molar-refractivity contribution in [3.63, 3.8) is 0 Å². The minimum absolute atomic E-state index is 1.09. The monoisotopic (exact) mass is 488 g/mol. The number of para-hydroxylation sites is 4. The molecule has 0 saturated heterocycles. The third-order valence-corrected chi connectivity index (χ3v) is 6.91. The highest BCUT2D eigenvalue weighted by molar-refractivity contribution is 5.75. The van der Waals surface area contributed by atoms with Crippen LogP contribution in [0, 0.1) is 0 Å². The molecule has 0 fully saturated rings. The molecule has 0 spiro atoms. The van der Waals surface area contributed by atoms with Crippen LogP contribution in [-0.4, -0.2) is 19.9 Å². The van der Waals surface area contributed by atoms with Gasteiger partial charge in [0, 0.05) is 12.8 Å². The fraction of sp³-hybridized carbons (Fsp3) is 0.562. The minimum Gasteiger partial charge on any atom is -0.342 e. The van der Waals surface area contributed by atoms with E-state index in [1.807, 2.05) is 12.1 Å². The van der Waals surface area contributed by atoms with E-state index in [2.05, 4.69) is 70.2 Å². The van der Waals surface area contributed by atoms with Gasteiger partial charge in [-0.15, -0.1) is 0 Å². The number of aryl methyl sites for hydroxylation is 2. The van der Waals surface area contributed by atoms with E-state index < -0.39 is 0 Å². The second-order valence-electron chi connectivity index (χ2n) is 10.1. The average molecular weight is 489 g/mol. The summed E-state index contributed by atoms with van der Waals surface area (Å²) in [5.41, 5.74) is 4.51. The topological polar surface area (TPSA) is 57.4 Å². The van der Waals surface area contributed by atoms with E-state index in [4.69, 9.17) is 0 Å². The third kappa shape index (κ3) is 10.2. The van der Waals surface area contributed by atoms with Crippen molar-refractivity contribution in [2.75, 3.05) is 0 Å². The van der Waals surface area contributed by atoms with Crippen LogP contribution < -0.4 is 0 Å². The van der Waals surface area contributed by atoms with Gasteiger partial charge >= 0.3 is 0 Å². The van der Waals surface area contributed by atoms with Gasteiger partial charge in [0.05, 0.1) is 22.1 Å². The summed E-state index contributed by atoms with van der Waals surface area (Å²) in [6, 6.07) is 16.5. The molecule has 4 aromatic rings. The Morgan fingerprint density at radius 3 is 1.22 bits per heavy atom. The van der Waals surface area contributed by atoms with Crippen LogP contribution in [0.1, 0.15) is 115 Å². The Morgan fingerprint density at radius 2 is 0.833 bits per heavy atom. The van der Waals surface area contributed by atoms with Crippen molar-refractivity contribution in [1.29, 1.82) is 0 Å². The number of fused-ring (bicyclic) bond motifs is 2. The molecule has 36 heavy (non-hydrogen) atoms. The Balaban J connectivity index is 0.000000201. The fourth-order valence-corrected chi connectivity index (χ4v) is 4.75. The van der Waals surface area contributed by atoms with Crippen molar-refractivity contribution in [3.05, 3.63) is 60.2 Å². The largest absolute Gasteiger partial charge is 0.342 e. The number of imidazole rings is 2. The molecule has 4 nitrogen and oxygen atoms in total. The number of nitrogens with one attached hydrogen (secondary N) is 2. The first-order chi connectivity index (χ1) is 17.8. The van der Waals surface area contributed by atoms with Crippen LogP contribution in [0.5, 0.6) is 0 Å². The summed E-state index contributed by atoms with van der Waals surface area (Å²) in [4.78, 5) is 16.0. The molecule has 2 aromatic carbocycles. The number of unbranched alkanes of at least 4 members (excludes halogenated alkanes) is 12. The predicted octanol–water partition coefficient (Wildman–Crippen LogP) is 9.71. The van der Waals surface area contributed by atoms with Crippen LogP contribution in [0.2, 0.25) is 0 Å². The minimum atomic E-state index is 1.09. The van der Waals surface area contributed by atoms with E-state index in [1.54, 1.807) is 0 Å². The number of H-pyrrole nitrogens is 2. The number of nitrogens with zero attached hydrogens (tertiary/aromatic N) is 2. The highest BCUT2D eigenvalue weighted by atomic mass is 14.9. The fourth-order valence-electron chi connectivity index (χ4n) is 4.75. The molecule has 0 aliphatic heterocycles. The maximum Gasteiger partial charge on any atom is 0.107 e. The summed E-state index contributed by atoms with van der Waals surface area (Å²) in [7, 11) is 0. The smallest absolute Gasteiger partial charge is 0.107 e. The van der Waals surface area contributed by atoms with Gasteiger partial charge in [0.1, 0.15) is 11.6 Å². The van der Waals surface area contributed by atoms with Crippen molar-refractivity contribution in [3.8, 4) is 0 Å². The molecule has 0 atom stereocenters. The molecule has 0 aliphatic rings. The Morgan fingerprint density at radius 1 is 0.472 bits per heavy atom. The molecule has 0 saturated carbocycles. The maximum atomic E-state index is 4.60. The molecule has 0 bridgehead atoms. The summed E-state index contributed by atoms with van der Waals surface area (Å²) < 4.78 is 0. The molecule has 4 heteroatoms. The van der Waals surface area contributed by atoms with Gasteiger partial charge in [-0.1, -0.05) is 115 Å². The van der Waals surface area contributed by atoms with E-state index in [0.717, 1.165) is 46.6 Å². The molecule has 2 aromatic heterocycles. The first-order valence-electron chi connectivity index (χ1n) is 14.7. The molecule has 2 N–H and O–H groups in total. The number of rotatable bonds is 16. The second-order valence-corrected chi connectivity index (χ2v) is 10.1. The number of hydrogen-bond acceptors (Lipinski definition) is 2. The van der Waals surface area contributed by atoms with Crippen LogP contribution in [0.25, 0.3) is 22.1 Å². The maximum absolute atomic E-state index is 4.60. The summed E-state index contributed by atoms with van der Waals surface area (Å²) in [5.74, 6) is 2.29. The van der Waals surface area contributed by atoms with Crippen LogP contribution in [0.15, 0.2) is 48.5 Å². The van der Waals surface area contributed by atoms with E-state index in [-0.39, 0.29) is 0 Å². The normalized spacial score (nSPS) is 11.2. The van der Waals surface area contributed by atoms with Gasteiger partial charge in [0.25, 0.3) is 0 Å². The summed E-state index contributed by atoms with van der Waals surface area (Å²) in [6.45, 7) is 4.53. The Bertz CT molecular complexity index is 940. The van der Waals surface area contributed by atoms with E-state index in [0.29, 0.717) is 0 Å². The number of aromatic nitrogens is 4. The van der Waals surface area contributed by atoms with Gasteiger partial charge in [0.2, 0.25) is 0 Å². The van der Waals surface area contributed by atoms with Gasteiger partial charge in [-0.05, 0) is 37.1 Å². The molecule has 2 heterocycles. The highest BCUT2D eigenvalue weighted by Gasteiger charge is 2.02. The van der Waals surface area contributed by atoms with Gasteiger partial charge in [-0.2, -0.15) is 0 Å². The molecular weight excluding hydrogens is 440 g/mol. The van der Waals surface area contributed by atoms with Crippen molar-refractivity contribution < 1.29 is 0 Å². The van der Waals surface area contributed by atoms with Crippen molar-refractivity contribution in [2.45, 2.75) is 117 Å². The van der Waals surface area contributed by atoms with Crippen molar-refractivity contribution >= 4 is 22.1 Å². The van der Waals surface area contributed by atoms with Crippen LogP contribution in [0.4, 0.5) is 0 Å². The Kier molecular flexibility index (Phi) is 13.2. The zero-order valence-corrected chi connectivity index (χ0v) is 22.8. The first kappa shape index (κ1) is 28.0. The summed E-state index contributed by atoms with van der Waals surface area (Å²) in [5, 5.41) is 0. The summed E-state index contributed by atoms with van der Waals surface area (Å²) in [6.07, 6.45) is 21.2. The van der Waals surface area contributed by atoms with Crippen LogP contribution >= 0.6 is 0 Å². The highest BCUT2D eigenvalue weighted by Crippen LogP contribution is 2.15. The lowest BCUT2D eigenvalue weighted by molar-refractivity contribution is 0.585. The summed E-state index contributed by atoms with van der Waals surface area (Å²) >= 11 is 0. The number of aromatic amines is 2. The van der Waals surface area contributed by atoms with Crippen molar-refractivity contribution in [1.82, 2.24) is 19.9 Å². The lowest BCUT2D eigenvalue weighted by Crippen LogP contribution is -1.88. The third-order valence-electron chi connectivity index (χ3n) is 6.91. The molecular formula is C32H48N4. The lowest BCUT2D eigenvalue weighted by atomic mass is 10.1. The molecule has 0 amide bonds.